The minimum absolute atomic E-state index is 0.442. The molecule has 1 aromatic heterocycles. The summed E-state index contributed by atoms with van der Waals surface area (Å²) in [5.74, 6) is 1.06. The highest BCUT2D eigenvalue weighted by Gasteiger charge is 2.17. The zero-order valence-electron chi connectivity index (χ0n) is 10.8. The van der Waals surface area contributed by atoms with Crippen molar-refractivity contribution in [2.24, 2.45) is 0 Å². The molecule has 0 radical (unpaired) electrons. The number of aliphatic hydroxyl groups excluding tert-OH is 1. The van der Waals surface area contributed by atoms with Gasteiger partial charge in [-0.05, 0) is 38.1 Å². The molecule has 1 N–H and O–H groups in total. The van der Waals surface area contributed by atoms with Crippen molar-refractivity contribution < 1.29 is 5.11 Å². The summed E-state index contributed by atoms with van der Waals surface area (Å²) in [4.78, 5) is 9.15. The van der Waals surface area contributed by atoms with E-state index >= 15 is 0 Å². The number of nitrogens with zero attached hydrogens (tertiary/aromatic N) is 3. The van der Waals surface area contributed by atoms with Crippen LogP contribution in [0.15, 0.2) is 12.3 Å². The van der Waals surface area contributed by atoms with Crippen LogP contribution in [0.1, 0.15) is 24.2 Å². The standard InChI is InChI=1S/C13H21N3O/c1-10-8-12(11(2)17)9-14-13(10)16-6-4-15(3)5-7-16/h8-9,11,17H,4-7H2,1-3H3/t11-/m0/s1. The van der Waals surface area contributed by atoms with Crippen LogP contribution in [-0.2, 0) is 0 Å². The van der Waals surface area contributed by atoms with Gasteiger partial charge in [-0.15, -0.1) is 0 Å². The number of aryl methyl sites for hydroxylation is 1. The molecular weight excluding hydrogens is 214 g/mol. The van der Waals surface area contributed by atoms with Gasteiger partial charge in [-0.2, -0.15) is 0 Å². The van der Waals surface area contributed by atoms with Crippen molar-refractivity contribution in [1.82, 2.24) is 9.88 Å². The van der Waals surface area contributed by atoms with Gasteiger partial charge in [-0.3, -0.25) is 0 Å². The molecule has 1 aliphatic heterocycles. The smallest absolute Gasteiger partial charge is 0.131 e. The lowest BCUT2D eigenvalue weighted by atomic mass is 10.1. The van der Waals surface area contributed by atoms with Gasteiger partial charge in [0.15, 0.2) is 0 Å². The molecule has 0 aliphatic carbocycles. The van der Waals surface area contributed by atoms with Gasteiger partial charge in [-0.1, -0.05) is 0 Å². The fourth-order valence-corrected chi connectivity index (χ4v) is 2.17. The maximum absolute atomic E-state index is 9.52. The van der Waals surface area contributed by atoms with Crippen molar-refractivity contribution >= 4 is 5.82 Å². The zero-order chi connectivity index (χ0) is 12.4. The molecule has 0 spiro atoms. The molecule has 0 bridgehead atoms. The fraction of sp³-hybridized carbons (Fsp3) is 0.615. The van der Waals surface area contributed by atoms with E-state index in [0.717, 1.165) is 43.1 Å². The average molecular weight is 235 g/mol. The Bertz CT molecular complexity index is 384. The first-order valence-corrected chi connectivity index (χ1v) is 6.16. The lowest BCUT2D eigenvalue weighted by Crippen LogP contribution is -2.45. The Morgan fingerprint density at radius 3 is 2.47 bits per heavy atom. The largest absolute Gasteiger partial charge is 0.389 e. The van der Waals surface area contributed by atoms with Gasteiger partial charge in [0.05, 0.1) is 6.10 Å². The van der Waals surface area contributed by atoms with E-state index in [4.69, 9.17) is 0 Å². The van der Waals surface area contributed by atoms with E-state index in [1.165, 1.54) is 0 Å². The molecule has 17 heavy (non-hydrogen) atoms. The number of hydrogen-bond donors (Lipinski definition) is 1. The van der Waals surface area contributed by atoms with E-state index in [0.29, 0.717) is 0 Å². The van der Waals surface area contributed by atoms with Gasteiger partial charge in [0.2, 0.25) is 0 Å². The molecule has 0 amide bonds. The summed E-state index contributed by atoms with van der Waals surface area (Å²) < 4.78 is 0. The Hall–Kier alpha value is -1.13. The first kappa shape index (κ1) is 12.3. The van der Waals surface area contributed by atoms with Gasteiger partial charge >= 0.3 is 0 Å². The minimum Gasteiger partial charge on any atom is -0.389 e. The van der Waals surface area contributed by atoms with Crippen LogP contribution in [0, 0.1) is 6.92 Å². The topological polar surface area (TPSA) is 39.6 Å². The second-order valence-corrected chi connectivity index (χ2v) is 4.88. The van der Waals surface area contributed by atoms with Gasteiger partial charge in [0, 0.05) is 32.4 Å². The van der Waals surface area contributed by atoms with Crippen LogP contribution in [0.25, 0.3) is 0 Å². The van der Waals surface area contributed by atoms with Crippen LogP contribution < -0.4 is 4.90 Å². The van der Waals surface area contributed by atoms with Crippen molar-refractivity contribution in [2.75, 3.05) is 38.1 Å². The van der Waals surface area contributed by atoms with Crippen molar-refractivity contribution in [3.05, 3.63) is 23.4 Å². The van der Waals surface area contributed by atoms with Gasteiger partial charge < -0.3 is 14.9 Å². The van der Waals surface area contributed by atoms with E-state index in [1.807, 2.05) is 6.07 Å². The third-order valence-corrected chi connectivity index (χ3v) is 3.36. The van der Waals surface area contributed by atoms with Gasteiger partial charge in [-0.25, -0.2) is 4.98 Å². The Morgan fingerprint density at radius 1 is 1.29 bits per heavy atom. The van der Waals surface area contributed by atoms with Gasteiger partial charge in [0.1, 0.15) is 5.82 Å². The molecule has 0 unspecified atom stereocenters. The molecule has 1 fully saturated rings. The van der Waals surface area contributed by atoms with Crippen LogP contribution >= 0.6 is 0 Å². The third kappa shape index (κ3) is 2.76. The molecular formula is C13H21N3O. The maximum atomic E-state index is 9.52. The molecule has 1 saturated heterocycles. The number of aliphatic hydroxyl groups is 1. The van der Waals surface area contributed by atoms with E-state index in [-0.39, 0.29) is 0 Å². The quantitative estimate of drug-likeness (QED) is 0.836. The van der Waals surface area contributed by atoms with Crippen molar-refractivity contribution in [2.45, 2.75) is 20.0 Å². The predicted octanol–water partition coefficient (Wildman–Crippen LogP) is 1.20. The van der Waals surface area contributed by atoms with E-state index < -0.39 is 6.10 Å². The van der Waals surface area contributed by atoms with E-state index in [9.17, 15) is 5.11 Å². The molecule has 4 nitrogen and oxygen atoms in total. The highest BCUT2D eigenvalue weighted by atomic mass is 16.3. The molecule has 2 rings (SSSR count). The number of piperazine rings is 1. The lowest BCUT2D eigenvalue weighted by Gasteiger charge is -2.34. The monoisotopic (exact) mass is 235 g/mol. The summed E-state index contributed by atoms with van der Waals surface area (Å²) in [7, 11) is 2.15. The van der Waals surface area contributed by atoms with Crippen LogP contribution in [0.2, 0.25) is 0 Å². The molecule has 2 heterocycles. The minimum atomic E-state index is -0.442. The number of aromatic nitrogens is 1. The summed E-state index contributed by atoms with van der Waals surface area (Å²) in [6, 6.07) is 2.03. The summed E-state index contributed by atoms with van der Waals surface area (Å²) in [6.45, 7) is 8.05. The first-order chi connectivity index (χ1) is 8.08. The highest BCUT2D eigenvalue weighted by molar-refractivity contribution is 5.48. The number of likely N-dealkylation sites (N-methyl/N-ethyl adjacent to an activating group) is 1. The van der Waals surface area contributed by atoms with Crippen LogP contribution in [-0.4, -0.2) is 48.2 Å². The second kappa shape index (κ2) is 5.02. The Labute approximate surface area is 103 Å². The van der Waals surface area contributed by atoms with Crippen LogP contribution in [0.3, 0.4) is 0 Å². The summed E-state index contributed by atoms with van der Waals surface area (Å²) >= 11 is 0. The van der Waals surface area contributed by atoms with Gasteiger partial charge in [0.25, 0.3) is 0 Å². The Kier molecular flexibility index (Phi) is 3.64. The molecule has 0 aromatic carbocycles. The SMILES string of the molecule is Cc1cc([C@H](C)O)cnc1N1CCN(C)CC1. The van der Waals surface area contributed by atoms with E-state index in [1.54, 1.807) is 13.1 Å². The predicted molar refractivity (Wildman–Crippen MR) is 69.3 cm³/mol. The fourth-order valence-electron chi connectivity index (χ4n) is 2.17. The normalized spacial score (nSPS) is 19.4. The molecule has 1 aromatic rings. The first-order valence-electron chi connectivity index (χ1n) is 6.16. The van der Waals surface area contributed by atoms with Crippen LogP contribution in [0.4, 0.5) is 5.82 Å². The Balaban J connectivity index is 2.16. The molecule has 4 heteroatoms. The summed E-state index contributed by atoms with van der Waals surface area (Å²) in [5, 5.41) is 9.52. The number of hydrogen-bond acceptors (Lipinski definition) is 4. The van der Waals surface area contributed by atoms with Crippen molar-refractivity contribution in [3.63, 3.8) is 0 Å². The van der Waals surface area contributed by atoms with Crippen molar-refractivity contribution in [3.8, 4) is 0 Å². The number of rotatable bonds is 2. The lowest BCUT2D eigenvalue weighted by molar-refractivity contribution is 0.199. The number of anilines is 1. The molecule has 0 saturated carbocycles. The molecule has 1 aliphatic rings. The number of pyridine rings is 1. The third-order valence-electron chi connectivity index (χ3n) is 3.36. The van der Waals surface area contributed by atoms with Crippen molar-refractivity contribution in [1.29, 1.82) is 0 Å². The maximum Gasteiger partial charge on any atom is 0.131 e. The summed E-state index contributed by atoms with van der Waals surface area (Å²) in [6.07, 6.45) is 1.34. The van der Waals surface area contributed by atoms with E-state index in [2.05, 4.69) is 28.8 Å². The van der Waals surface area contributed by atoms with Crippen LogP contribution in [0.5, 0.6) is 0 Å². The highest BCUT2D eigenvalue weighted by Crippen LogP contribution is 2.21. The molecule has 1 atom stereocenters. The zero-order valence-corrected chi connectivity index (χ0v) is 10.8. The molecule has 94 valence electrons. The Morgan fingerprint density at radius 2 is 1.94 bits per heavy atom. The summed E-state index contributed by atoms with van der Waals surface area (Å²) in [5.41, 5.74) is 2.04. The second-order valence-electron chi connectivity index (χ2n) is 4.88. The average Bonchev–Trinajstić information content (AvgIpc) is 2.30.